The molecule has 1 fully saturated rings. The number of guanidine groups is 1. The summed E-state index contributed by atoms with van der Waals surface area (Å²) in [5.41, 5.74) is 3.85. The SMILES string of the molecule is CN=C(NCc1cccc(CN(C)C)c1)N1CCN(c2ccc(OC)cc2)CC1. The van der Waals surface area contributed by atoms with Crippen LogP contribution in [0.25, 0.3) is 0 Å². The number of aliphatic imine (C=N–C) groups is 1. The highest BCUT2D eigenvalue weighted by Crippen LogP contribution is 2.20. The topological polar surface area (TPSA) is 43.3 Å². The first-order valence-corrected chi connectivity index (χ1v) is 10.2. The molecule has 1 saturated heterocycles. The molecule has 3 rings (SSSR count). The summed E-state index contributed by atoms with van der Waals surface area (Å²) in [6.45, 7) is 5.60. The summed E-state index contributed by atoms with van der Waals surface area (Å²) >= 11 is 0. The van der Waals surface area contributed by atoms with Gasteiger partial charge in [0.1, 0.15) is 5.75 Å². The molecule has 29 heavy (non-hydrogen) atoms. The molecule has 2 aromatic carbocycles. The Kier molecular flexibility index (Phi) is 7.36. The van der Waals surface area contributed by atoms with Gasteiger partial charge in [0.15, 0.2) is 5.96 Å². The molecule has 0 unspecified atom stereocenters. The maximum atomic E-state index is 5.26. The van der Waals surface area contributed by atoms with Crippen LogP contribution in [-0.2, 0) is 13.1 Å². The van der Waals surface area contributed by atoms with E-state index in [0.29, 0.717) is 0 Å². The van der Waals surface area contributed by atoms with Crippen molar-refractivity contribution in [2.45, 2.75) is 13.1 Å². The van der Waals surface area contributed by atoms with Gasteiger partial charge >= 0.3 is 0 Å². The van der Waals surface area contributed by atoms with Crippen LogP contribution in [0.4, 0.5) is 5.69 Å². The van der Waals surface area contributed by atoms with E-state index in [1.54, 1.807) is 7.11 Å². The van der Waals surface area contributed by atoms with E-state index in [0.717, 1.165) is 51.0 Å². The van der Waals surface area contributed by atoms with E-state index in [1.165, 1.54) is 16.8 Å². The minimum Gasteiger partial charge on any atom is -0.497 e. The first-order chi connectivity index (χ1) is 14.1. The first-order valence-electron chi connectivity index (χ1n) is 10.2. The Bertz CT molecular complexity index is 795. The summed E-state index contributed by atoms with van der Waals surface area (Å²) in [4.78, 5) is 11.4. The number of anilines is 1. The highest BCUT2D eigenvalue weighted by molar-refractivity contribution is 5.80. The molecule has 156 valence electrons. The van der Waals surface area contributed by atoms with Gasteiger partial charge in [0, 0.05) is 52.0 Å². The fourth-order valence-electron chi connectivity index (χ4n) is 3.69. The van der Waals surface area contributed by atoms with Crippen LogP contribution in [0.1, 0.15) is 11.1 Å². The number of rotatable bonds is 6. The monoisotopic (exact) mass is 395 g/mol. The first kappa shape index (κ1) is 21.0. The standard InChI is InChI=1S/C23H33N5O/c1-24-23(25-17-19-6-5-7-20(16-19)18-26(2)3)28-14-12-27(13-15-28)21-8-10-22(29-4)11-9-21/h5-11,16H,12-15,17-18H2,1-4H3,(H,24,25). The molecule has 0 radical (unpaired) electrons. The number of benzene rings is 2. The molecule has 1 N–H and O–H groups in total. The Morgan fingerprint density at radius 2 is 1.72 bits per heavy atom. The van der Waals surface area contributed by atoms with Crippen molar-refractivity contribution in [2.24, 2.45) is 4.99 Å². The highest BCUT2D eigenvalue weighted by atomic mass is 16.5. The predicted octanol–water partition coefficient (Wildman–Crippen LogP) is 2.65. The zero-order valence-electron chi connectivity index (χ0n) is 18.1. The molecule has 1 aliphatic heterocycles. The van der Waals surface area contributed by atoms with Gasteiger partial charge in [0.25, 0.3) is 0 Å². The van der Waals surface area contributed by atoms with Crippen LogP contribution < -0.4 is 15.0 Å². The minimum absolute atomic E-state index is 0.784. The van der Waals surface area contributed by atoms with Crippen molar-refractivity contribution in [3.05, 3.63) is 59.7 Å². The van der Waals surface area contributed by atoms with Gasteiger partial charge in [-0.25, -0.2) is 0 Å². The molecular formula is C23H33N5O. The van der Waals surface area contributed by atoms with Crippen LogP contribution in [0.5, 0.6) is 5.75 Å². The predicted molar refractivity (Wildman–Crippen MR) is 121 cm³/mol. The third-order valence-electron chi connectivity index (χ3n) is 5.17. The molecule has 6 heteroatoms. The van der Waals surface area contributed by atoms with E-state index in [1.807, 2.05) is 19.2 Å². The van der Waals surface area contributed by atoms with Gasteiger partial charge in [-0.2, -0.15) is 0 Å². The number of ether oxygens (including phenoxy) is 1. The van der Waals surface area contributed by atoms with Crippen molar-refractivity contribution in [3.8, 4) is 5.75 Å². The molecule has 2 aromatic rings. The highest BCUT2D eigenvalue weighted by Gasteiger charge is 2.19. The fraction of sp³-hybridized carbons (Fsp3) is 0.435. The molecule has 0 bridgehead atoms. The van der Waals surface area contributed by atoms with E-state index < -0.39 is 0 Å². The van der Waals surface area contributed by atoms with Gasteiger partial charge in [-0.15, -0.1) is 0 Å². The molecule has 0 atom stereocenters. The van der Waals surface area contributed by atoms with Crippen molar-refractivity contribution in [3.63, 3.8) is 0 Å². The third kappa shape index (κ3) is 5.87. The van der Waals surface area contributed by atoms with E-state index in [9.17, 15) is 0 Å². The average Bonchev–Trinajstić information content (AvgIpc) is 2.74. The van der Waals surface area contributed by atoms with Crippen molar-refractivity contribution in [2.75, 3.05) is 59.3 Å². The summed E-state index contributed by atoms with van der Waals surface area (Å²) in [6, 6.07) is 17.0. The lowest BCUT2D eigenvalue weighted by atomic mass is 10.1. The van der Waals surface area contributed by atoms with Crippen LogP contribution in [-0.4, -0.2) is 70.2 Å². The molecule has 0 aliphatic carbocycles. The Morgan fingerprint density at radius 3 is 2.34 bits per heavy atom. The van der Waals surface area contributed by atoms with Gasteiger partial charge < -0.3 is 24.8 Å². The lowest BCUT2D eigenvalue weighted by Crippen LogP contribution is -2.52. The number of methoxy groups -OCH3 is 1. The lowest BCUT2D eigenvalue weighted by Gasteiger charge is -2.37. The van der Waals surface area contributed by atoms with Gasteiger partial charge in [0.2, 0.25) is 0 Å². The second kappa shape index (κ2) is 10.2. The third-order valence-corrected chi connectivity index (χ3v) is 5.17. The van der Waals surface area contributed by atoms with Crippen LogP contribution in [0, 0.1) is 0 Å². The normalized spacial score (nSPS) is 15.0. The summed E-state index contributed by atoms with van der Waals surface area (Å²) < 4.78 is 5.26. The second-order valence-corrected chi connectivity index (χ2v) is 7.63. The molecule has 0 aromatic heterocycles. The molecule has 0 spiro atoms. The molecule has 0 amide bonds. The zero-order valence-corrected chi connectivity index (χ0v) is 18.1. The average molecular weight is 396 g/mol. The summed E-state index contributed by atoms with van der Waals surface area (Å²) in [6.07, 6.45) is 0. The Hall–Kier alpha value is -2.73. The zero-order chi connectivity index (χ0) is 20.6. The summed E-state index contributed by atoms with van der Waals surface area (Å²) in [5.74, 6) is 1.86. The Balaban J connectivity index is 1.52. The van der Waals surface area contributed by atoms with Crippen LogP contribution in [0.3, 0.4) is 0 Å². The molecule has 1 heterocycles. The number of nitrogens with one attached hydrogen (secondary N) is 1. The van der Waals surface area contributed by atoms with E-state index >= 15 is 0 Å². The number of nitrogens with zero attached hydrogens (tertiary/aromatic N) is 4. The largest absolute Gasteiger partial charge is 0.497 e. The molecular weight excluding hydrogens is 362 g/mol. The summed E-state index contributed by atoms with van der Waals surface area (Å²) in [5, 5.41) is 3.53. The smallest absolute Gasteiger partial charge is 0.194 e. The quantitative estimate of drug-likeness (QED) is 0.602. The van der Waals surface area contributed by atoms with Crippen molar-refractivity contribution in [1.29, 1.82) is 0 Å². The lowest BCUT2D eigenvalue weighted by molar-refractivity contribution is 0.372. The van der Waals surface area contributed by atoms with E-state index in [4.69, 9.17) is 4.74 Å². The van der Waals surface area contributed by atoms with Crippen molar-refractivity contribution in [1.82, 2.24) is 15.1 Å². The molecule has 1 aliphatic rings. The minimum atomic E-state index is 0.784. The molecule has 6 nitrogen and oxygen atoms in total. The maximum absolute atomic E-state index is 5.26. The van der Waals surface area contributed by atoms with Crippen LogP contribution in [0.15, 0.2) is 53.5 Å². The number of hydrogen-bond acceptors (Lipinski definition) is 4. The van der Waals surface area contributed by atoms with Gasteiger partial charge in [-0.3, -0.25) is 4.99 Å². The number of hydrogen-bond donors (Lipinski definition) is 1. The van der Waals surface area contributed by atoms with E-state index in [2.05, 4.69) is 75.5 Å². The van der Waals surface area contributed by atoms with E-state index in [-0.39, 0.29) is 0 Å². The van der Waals surface area contributed by atoms with Gasteiger partial charge in [-0.05, 0) is 49.5 Å². The Labute approximate surface area is 174 Å². The van der Waals surface area contributed by atoms with Gasteiger partial charge in [-0.1, -0.05) is 24.3 Å². The van der Waals surface area contributed by atoms with Crippen molar-refractivity contribution < 1.29 is 4.74 Å². The maximum Gasteiger partial charge on any atom is 0.194 e. The Morgan fingerprint density at radius 1 is 1.03 bits per heavy atom. The number of piperazine rings is 1. The second-order valence-electron chi connectivity index (χ2n) is 7.63. The van der Waals surface area contributed by atoms with Crippen molar-refractivity contribution >= 4 is 11.6 Å². The summed E-state index contributed by atoms with van der Waals surface area (Å²) in [7, 11) is 7.75. The van der Waals surface area contributed by atoms with Gasteiger partial charge in [0.05, 0.1) is 7.11 Å². The van der Waals surface area contributed by atoms with Crippen LogP contribution in [0.2, 0.25) is 0 Å². The fourth-order valence-corrected chi connectivity index (χ4v) is 3.69. The van der Waals surface area contributed by atoms with Crippen LogP contribution >= 0.6 is 0 Å². The molecule has 0 saturated carbocycles.